The Morgan fingerprint density at radius 3 is 2.41 bits per heavy atom. The Balaban J connectivity index is 1.93. The van der Waals surface area contributed by atoms with Crippen LogP contribution in [0.25, 0.3) is 5.76 Å². The van der Waals surface area contributed by atoms with Gasteiger partial charge in [0, 0.05) is 24.1 Å². The van der Waals surface area contributed by atoms with E-state index in [1.165, 1.54) is 4.90 Å². The summed E-state index contributed by atoms with van der Waals surface area (Å²) >= 11 is 0. The van der Waals surface area contributed by atoms with Gasteiger partial charge in [-0.15, -0.1) is 0 Å². The zero-order chi connectivity index (χ0) is 24.2. The topological polar surface area (TPSA) is 89.0 Å². The number of aryl methyl sites for hydroxylation is 1. The number of hydrogen-bond acceptors (Lipinski definition) is 6. The largest absolute Gasteiger partial charge is 0.507 e. The van der Waals surface area contributed by atoms with Crippen LogP contribution in [-0.4, -0.2) is 35.0 Å². The maximum Gasteiger partial charge on any atom is 0.300 e. The lowest BCUT2D eigenvalue weighted by atomic mass is 9.95. The van der Waals surface area contributed by atoms with E-state index in [1.54, 1.807) is 48.8 Å². The summed E-state index contributed by atoms with van der Waals surface area (Å²) in [4.78, 5) is 32.1. The standard InChI is InChI=1S/C27H26N2O5/c1-4-33-20-9-10-21(22(16-20)34-5-2)25(30)23-24(18-11-13-28-14-12-18)29(27(32)26(23)31)19-8-6-7-17(3)15-19/h6-16,24,30H,4-5H2,1-3H3/b25-23-. The molecule has 0 saturated carbocycles. The van der Waals surface area contributed by atoms with Crippen molar-refractivity contribution in [1.29, 1.82) is 0 Å². The van der Waals surface area contributed by atoms with Crippen LogP contribution in [0.2, 0.25) is 0 Å². The van der Waals surface area contributed by atoms with E-state index in [-0.39, 0.29) is 11.3 Å². The van der Waals surface area contributed by atoms with E-state index in [1.807, 2.05) is 39.0 Å². The van der Waals surface area contributed by atoms with Crippen molar-refractivity contribution in [1.82, 2.24) is 4.98 Å². The van der Waals surface area contributed by atoms with Crippen molar-refractivity contribution in [2.24, 2.45) is 0 Å². The summed E-state index contributed by atoms with van der Waals surface area (Å²) in [5.74, 6) is -0.841. The van der Waals surface area contributed by atoms with Gasteiger partial charge < -0.3 is 14.6 Å². The van der Waals surface area contributed by atoms with Crippen molar-refractivity contribution in [2.75, 3.05) is 18.1 Å². The molecule has 4 rings (SSSR count). The Bertz CT molecular complexity index is 1250. The number of hydrogen-bond donors (Lipinski definition) is 1. The van der Waals surface area contributed by atoms with E-state index >= 15 is 0 Å². The first-order valence-corrected chi connectivity index (χ1v) is 11.1. The summed E-state index contributed by atoms with van der Waals surface area (Å²) in [5, 5.41) is 11.4. The lowest BCUT2D eigenvalue weighted by Gasteiger charge is -2.25. The van der Waals surface area contributed by atoms with Crippen molar-refractivity contribution < 1.29 is 24.2 Å². The number of pyridine rings is 1. The fraction of sp³-hybridized carbons (Fsp3) is 0.222. The van der Waals surface area contributed by atoms with Gasteiger partial charge in [0.25, 0.3) is 11.7 Å². The summed E-state index contributed by atoms with van der Waals surface area (Å²) < 4.78 is 11.3. The van der Waals surface area contributed by atoms with Crippen molar-refractivity contribution in [2.45, 2.75) is 26.8 Å². The number of nitrogens with zero attached hydrogens (tertiary/aromatic N) is 2. The second-order valence-electron chi connectivity index (χ2n) is 7.81. The van der Waals surface area contributed by atoms with Crippen LogP contribution >= 0.6 is 0 Å². The number of benzene rings is 2. The Morgan fingerprint density at radius 1 is 1.00 bits per heavy atom. The molecule has 1 amide bonds. The van der Waals surface area contributed by atoms with Gasteiger partial charge in [0.05, 0.1) is 30.4 Å². The van der Waals surface area contributed by atoms with Gasteiger partial charge >= 0.3 is 0 Å². The van der Waals surface area contributed by atoms with E-state index in [2.05, 4.69) is 4.98 Å². The maximum atomic E-state index is 13.3. The number of aromatic nitrogens is 1. The Kier molecular flexibility index (Phi) is 6.63. The summed E-state index contributed by atoms with van der Waals surface area (Å²) in [6.07, 6.45) is 3.18. The number of ketones is 1. The zero-order valence-corrected chi connectivity index (χ0v) is 19.3. The quantitative estimate of drug-likeness (QED) is 0.310. The molecule has 1 aliphatic heterocycles. The van der Waals surface area contributed by atoms with Gasteiger partial charge in [-0.25, -0.2) is 0 Å². The summed E-state index contributed by atoms with van der Waals surface area (Å²) in [6.45, 7) is 6.43. The molecule has 7 nitrogen and oxygen atoms in total. The second-order valence-corrected chi connectivity index (χ2v) is 7.81. The van der Waals surface area contributed by atoms with Crippen LogP contribution < -0.4 is 14.4 Å². The van der Waals surface area contributed by atoms with Crippen molar-refractivity contribution in [3.63, 3.8) is 0 Å². The minimum Gasteiger partial charge on any atom is -0.507 e. The molecular weight excluding hydrogens is 432 g/mol. The average molecular weight is 459 g/mol. The number of carbonyl (C=O) groups is 2. The normalized spacial score (nSPS) is 17.1. The van der Waals surface area contributed by atoms with Gasteiger partial charge in [-0.2, -0.15) is 0 Å². The first kappa shape index (κ1) is 23.0. The lowest BCUT2D eigenvalue weighted by Crippen LogP contribution is -2.29. The van der Waals surface area contributed by atoms with Gasteiger partial charge in [-0.1, -0.05) is 12.1 Å². The molecule has 1 aromatic heterocycles. The summed E-state index contributed by atoms with van der Waals surface area (Å²) in [6, 6.07) is 15.0. The highest BCUT2D eigenvalue weighted by molar-refractivity contribution is 6.51. The number of carbonyl (C=O) groups excluding carboxylic acids is 2. The molecule has 1 N–H and O–H groups in total. The van der Waals surface area contributed by atoms with Crippen LogP contribution in [-0.2, 0) is 9.59 Å². The predicted molar refractivity (Wildman–Crippen MR) is 129 cm³/mol. The molecule has 1 atom stereocenters. The summed E-state index contributed by atoms with van der Waals surface area (Å²) in [7, 11) is 0. The number of rotatable bonds is 7. The Hall–Kier alpha value is -4.13. The summed E-state index contributed by atoms with van der Waals surface area (Å²) in [5.41, 5.74) is 2.47. The third-order valence-electron chi connectivity index (χ3n) is 5.57. The third kappa shape index (κ3) is 4.24. The maximum absolute atomic E-state index is 13.3. The number of amides is 1. The van der Waals surface area contributed by atoms with Crippen LogP contribution in [0.1, 0.15) is 36.6 Å². The first-order valence-electron chi connectivity index (χ1n) is 11.1. The van der Waals surface area contributed by atoms with Crippen LogP contribution in [0.4, 0.5) is 5.69 Å². The van der Waals surface area contributed by atoms with E-state index in [9.17, 15) is 14.7 Å². The highest BCUT2D eigenvalue weighted by atomic mass is 16.5. The molecule has 1 fully saturated rings. The van der Waals surface area contributed by atoms with Crippen LogP contribution in [0, 0.1) is 6.92 Å². The van der Waals surface area contributed by atoms with Gasteiger partial charge in [-0.05, 0) is 68.3 Å². The average Bonchev–Trinajstić information content (AvgIpc) is 3.10. The highest BCUT2D eigenvalue weighted by Crippen LogP contribution is 2.43. The fourth-order valence-electron chi connectivity index (χ4n) is 4.11. The van der Waals surface area contributed by atoms with Gasteiger partial charge in [0.2, 0.25) is 0 Å². The second kappa shape index (κ2) is 9.79. The lowest BCUT2D eigenvalue weighted by molar-refractivity contribution is -0.132. The van der Waals surface area contributed by atoms with Crippen LogP contribution in [0.15, 0.2) is 72.6 Å². The van der Waals surface area contributed by atoms with Gasteiger partial charge in [-0.3, -0.25) is 19.5 Å². The molecule has 2 aromatic carbocycles. The monoisotopic (exact) mass is 458 g/mol. The van der Waals surface area contributed by atoms with E-state index in [0.717, 1.165) is 5.56 Å². The molecule has 3 aromatic rings. The number of aliphatic hydroxyl groups is 1. The predicted octanol–water partition coefficient (Wildman–Crippen LogP) is 4.81. The SMILES string of the molecule is CCOc1ccc(/C(O)=C2/C(=O)C(=O)N(c3cccc(C)c3)C2c2ccncc2)c(OCC)c1. The fourth-order valence-corrected chi connectivity index (χ4v) is 4.11. The molecule has 1 unspecified atom stereocenters. The minimum atomic E-state index is -0.828. The molecule has 7 heteroatoms. The molecule has 0 radical (unpaired) electrons. The molecule has 1 saturated heterocycles. The first-order chi connectivity index (χ1) is 16.5. The minimum absolute atomic E-state index is 0.0113. The molecule has 1 aliphatic rings. The van der Waals surface area contributed by atoms with E-state index in [4.69, 9.17) is 9.47 Å². The van der Waals surface area contributed by atoms with Crippen LogP contribution in [0.5, 0.6) is 11.5 Å². The number of Topliss-reactive ketones (excluding diaryl/α,β-unsaturated/α-hetero) is 1. The smallest absolute Gasteiger partial charge is 0.300 e. The van der Waals surface area contributed by atoms with E-state index in [0.29, 0.717) is 41.5 Å². The Morgan fingerprint density at radius 2 is 1.74 bits per heavy atom. The number of ether oxygens (including phenoxy) is 2. The van der Waals surface area contributed by atoms with Crippen molar-refractivity contribution >= 4 is 23.1 Å². The zero-order valence-electron chi connectivity index (χ0n) is 19.3. The molecule has 0 spiro atoms. The molecular formula is C27H26N2O5. The highest BCUT2D eigenvalue weighted by Gasteiger charge is 2.47. The third-order valence-corrected chi connectivity index (χ3v) is 5.57. The number of anilines is 1. The number of aliphatic hydroxyl groups excluding tert-OH is 1. The molecule has 0 bridgehead atoms. The molecule has 0 aliphatic carbocycles. The molecule has 2 heterocycles. The Labute approximate surface area is 198 Å². The van der Waals surface area contributed by atoms with Gasteiger partial charge in [0.15, 0.2) is 0 Å². The molecule has 174 valence electrons. The van der Waals surface area contributed by atoms with Crippen LogP contribution in [0.3, 0.4) is 0 Å². The van der Waals surface area contributed by atoms with Crippen molar-refractivity contribution in [3.8, 4) is 11.5 Å². The van der Waals surface area contributed by atoms with Gasteiger partial charge in [0.1, 0.15) is 17.3 Å². The molecule has 34 heavy (non-hydrogen) atoms. The van der Waals surface area contributed by atoms with E-state index < -0.39 is 17.7 Å². The van der Waals surface area contributed by atoms with Crippen molar-refractivity contribution in [3.05, 3.63) is 89.3 Å².